The van der Waals surface area contributed by atoms with Crippen LogP contribution in [0, 0.1) is 0 Å². The van der Waals surface area contributed by atoms with E-state index in [1.54, 1.807) is 19.1 Å². The number of methoxy groups -OCH3 is 1. The molecule has 0 spiro atoms. The maximum atomic E-state index is 10.7. The Morgan fingerprint density at radius 2 is 2.32 bits per heavy atom. The van der Waals surface area contributed by atoms with Gasteiger partial charge in [-0.15, -0.1) is 0 Å². The Kier molecular flexibility index (Phi) is 3.71. The van der Waals surface area contributed by atoms with E-state index in [4.69, 9.17) is 9.84 Å². The van der Waals surface area contributed by atoms with E-state index in [0.717, 1.165) is 22.6 Å². The van der Waals surface area contributed by atoms with Crippen molar-refractivity contribution < 1.29 is 14.6 Å². The monoisotopic (exact) mass is 263 g/mol. The van der Waals surface area contributed by atoms with Gasteiger partial charge in [0.25, 0.3) is 0 Å². The normalized spacial score (nSPS) is 12.8. The number of aliphatic carboxylic acids is 1. The van der Waals surface area contributed by atoms with Gasteiger partial charge in [0, 0.05) is 6.07 Å². The summed E-state index contributed by atoms with van der Waals surface area (Å²) in [5, 5.41) is 8.80. The highest BCUT2D eigenvalue weighted by molar-refractivity contribution is 5.77. The molecule has 0 saturated heterocycles. The molecule has 1 atom stereocenters. The molecule has 0 aliphatic heterocycles. The van der Waals surface area contributed by atoms with Gasteiger partial charge in [0.15, 0.2) is 0 Å². The first-order chi connectivity index (χ1) is 9.01. The molecule has 2 aromatic rings. The largest absolute Gasteiger partial charge is 0.497 e. The first kappa shape index (κ1) is 13.4. The summed E-state index contributed by atoms with van der Waals surface area (Å²) >= 11 is 0. The number of benzene rings is 1. The summed E-state index contributed by atoms with van der Waals surface area (Å²) in [6, 6.07) is 5.49. The molecule has 1 aromatic heterocycles. The Labute approximate surface area is 111 Å². The van der Waals surface area contributed by atoms with E-state index in [-0.39, 0.29) is 12.6 Å². The lowest BCUT2D eigenvalue weighted by Gasteiger charge is -2.20. The number of fused-ring (bicyclic) bond motifs is 1. The van der Waals surface area contributed by atoms with Crippen LogP contribution in [0.1, 0.15) is 18.8 Å². The fourth-order valence-corrected chi connectivity index (χ4v) is 1.89. The van der Waals surface area contributed by atoms with Crippen molar-refractivity contribution >= 4 is 17.0 Å². The van der Waals surface area contributed by atoms with Gasteiger partial charge in [-0.1, -0.05) is 0 Å². The average molecular weight is 263 g/mol. The smallest absolute Gasteiger partial charge is 0.317 e. The number of H-pyrrole nitrogens is 1. The number of aromatic amines is 1. The van der Waals surface area contributed by atoms with Crippen LogP contribution < -0.4 is 4.74 Å². The summed E-state index contributed by atoms with van der Waals surface area (Å²) in [5.41, 5.74) is 1.72. The summed E-state index contributed by atoms with van der Waals surface area (Å²) < 4.78 is 5.16. The number of carbonyl (C=O) groups is 1. The van der Waals surface area contributed by atoms with Crippen LogP contribution in [0.3, 0.4) is 0 Å². The number of likely N-dealkylation sites (N-methyl/N-ethyl adjacent to an activating group) is 1. The van der Waals surface area contributed by atoms with Crippen molar-refractivity contribution in [2.75, 3.05) is 20.7 Å². The minimum atomic E-state index is -0.855. The SMILES string of the molecule is COc1ccc2nc(C(C)N(C)CC(=O)O)[nH]c2c1. The Morgan fingerprint density at radius 1 is 1.58 bits per heavy atom. The van der Waals surface area contributed by atoms with Gasteiger partial charge in [-0.2, -0.15) is 0 Å². The first-order valence-electron chi connectivity index (χ1n) is 5.97. The van der Waals surface area contributed by atoms with Gasteiger partial charge < -0.3 is 14.8 Å². The fourth-order valence-electron chi connectivity index (χ4n) is 1.89. The topological polar surface area (TPSA) is 78.4 Å². The predicted molar refractivity (Wildman–Crippen MR) is 71.3 cm³/mol. The molecular formula is C13H17N3O3. The molecule has 0 saturated carbocycles. The summed E-state index contributed by atoms with van der Waals surface area (Å²) in [7, 11) is 3.37. The highest BCUT2D eigenvalue weighted by Gasteiger charge is 2.17. The molecule has 1 heterocycles. The molecular weight excluding hydrogens is 246 g/mol. The number of imidazole rings is 1. The Bertz CT molecular complexity index is 594. The molecule has 0 aliphatic rings. The second kappa shape index (κ2) is 5.27. The van der Waals surface area contributed by atoms with Gasteiger partial charge in [0.1, 0.15) is 11.6 Å². The standard InChI is InChI=1S/C13H17N3O3/c1-8(16(2)7-12(17)18)13-14-10-5-4-9(19-3)6-11(10)15-13/h4-6,8H,7H2,1-3H3,(H,14,15)(H,17,18). The van der Waals surface area contributed by atoms with E-state index >= 15 is 0 Å². The van der Waals surface area contributed by atoms with Gasteiger partial charge in [-0.05, 0) is 26.1 Å². The second-order valence-electron chi connectivity index (χ2n) is 4.49. The number of nitrogens with one attached hydrogen (secondary N) is 1. The molecule has 0 bridgehead atoms. The van der Waals surface area contributed by atoms with Crippen molar-refractivity contribution in [3.63, 3.8) is 0 Å². The minimum absolute atomic E-state index is 0.0263. The summed E-state index contributed by atoms with van der Waals surface area (Å²) in [5.74, 6) is 0.647. The van der Waals surface area contributed by atoms with Crippen molar-refractivity contribution in [1.82, 2.24) is 14.9 Å². The molecule has 0 aliphatic carbocycles. The van der Waals surface area contributed by atoms with E-state index < -0.39 is 5.97 Å². The molecule has 0 radical (unpaired) electrons. The zero-order chi connectivity index (χ0) is 14.0. The molecule has 6 heteroatoms. The second-order valence-corrected chi connectivity index (χ2v) is 4.49. The molecule has 1 aromatic carbocycles. The van der Waals surface area contributed by atoms with Gasteiger partial charge in [0.05, 0.1) is 30.7 Å². The van der Waals surface area contributed by atoms with Crippen molar-refractivity contribution in [1.29, 1.82) is 0 Å². The highest BCUT2D eigenvalue weighted by atomic mass is 16.5. The predicted octanol–water partition coefficient (Wildman–Crippen LogP) is 1.65. The van der Waals surface area contributed by atoms with E-state index in [9.17, 15) is 4.79 Å². The third-order valence-electron chi connectivity index (χ3n) is 3.15. The van der Waals surface area contributed by atoms with E-state index in [1.807, 2.05) is 25.1 Å². The van der Waals surface area contributed by atoms with Crippen LogP contribution in [0.2, 0.25) is 0 Å². The molecule has 2 rings (SSSR count). The third-order valence-corrected chi connectivity index (χ3v) is 3.15. The zero-order valence-corrected chi connectivity index (χ0v) is 11.2. The maximum absolute atomic E-state index is 10.7. The van der Waals surface area contributed by atoms with Crippen LogP contribution in [0.5, 0.6) is 5.75 Å². The molecule has 6 nitrogen and oxygen atoms in total. The van der Waals surface area contributed by atoms with Crippen LogP contribution in [0.25, 0.3) is 11.0 Å². The van der Waals surface area contributed by atoms with E-state index in [0.29, 0.717) is 0 Å². The fraction of sp³-hybridized carbons (Fsp3) is 0.385. The van der Waals surface area contributed by atoms with Crippen LogP contribution in [-0.4, -0.2) is 46.6 Å². The number of carboxylic acids is 1. The van der Waals surface area contributed by atoms with Crippen LogP contribution in [0.4, 0.5) is 0 Å². The van der Waals surface area contributed by atoms with Gasteiger partial charge in [0.2, 0.25) is 0 Å². The van der Waals surface area contributed by atoms with Gasteiger partial charge >= 0.3 is 5.97 Å². The third kappa shape index (κ3) is 2.85. The molecule has 2 N–H and O–H groups in total. The van der Waals surface area contributed by atoms with Crippen molar-refractivity contribution in [2.45, 2.75) is 13.0 Å². The zero-order valence-electron chi connectivity index (χ0n) is 11.2. The van der Waals surface area contributed by atoms with Gasteiger partial charge in [-0.3, -0.25) is 9.69 Å². The number of carboxylic acid groups (broad SMARTS) is 1. The highest BCUT2D eigenvalue weighted by Crippen LogP contribution is 2.22. The van der Waals surface area contributed by atoms with E-state index in [2.05, 4.69) is 9.97 Å². The minimum Gasteiger partial charge on any atom is -0.497 e. The maximum Gasteiger partial charge on any atom is 0.317 e. The van der Waals surface area contributed by atoms with Gasteiger partial charge in [-0.25, -0.2) is 4.98 Å². The molecule has 0 amide bonds. The average Bonchev–Trinajstić information content (AvgIpc) is 2.79. The van der Waals surface area contributed by atoms with Crippen LogP contribution in [-0.2, 0) is 4.79 Å². The molecule has 102 valence electrons. The number of ether oxygens (including phenoxy) is 1. The lowest BCUT2D eigenvalue weighted by atomic mass is 10.3. The first-order valence-corrected chi connectivity index (χ1v) is 5.97. The quantitative estimate of drug-likeness (QED) is 0.857. The van der Waals surface area contributed by atoms with Crippen LogP contribution >= 0.6 is 0 Å². The molecule has 0 fully saturated rings. The Hall–Kier alpha value is -2.08. The number of hydrogen-bond acceptors (Lipinski definition) is 4. The number of aromatic nitrogens is 2. The van der Waals surface area contributed by atoms with E-state index in [1.165, 1.54) is 0 Å². The summed E-state index contributed by atoms with van der Waals surface area (Å²) in [6.07, 6.45) is 0. The van der Waals surface area contributed by atoms with Crippen LogP contribution in [0.15, 0.2) is 18.2 Å². The van der Waals surface area contributed by atoms with Crippen molar-refractivity contribution in [3.05, 3.63) is 24.0 Å². The van der Waals surface area contributed by atoms with Crippen molar-refractivity contribution in [3.8, 4) is 5.75 Å². The van der Waals surface area contributed by atoms with Crippen molar-refractivity contribution in [2.24, 2.45) is 0 Å². The molecule has 1 unspecified atom stereocenters. The lowest BCUT2D eigenvalue weighted by Crippen LogP contribution is -2.29. The Balaban J connectivity index is 2.27. The lowest BCUT2D eigenvalue weighted by molar-refractivity contribution is -0.138. The Morgan fingerprint density at radius 3 is 2.95 bits per heavy atom. The summed E-state index contributed by atoms with van der Waals surface area (Å²) in [4.78, 5) is 20.1. The number of nitrogens with zero attached hydrogens (tertiary/aromatic N) is 2. The number of rotatable bonds is 5. The number of hydrogen-bond donors (Lipinski definition) is 2. The summed E-state index contributed by atoms with van der Waals surface area (Å²) in [6.45, 7) is 1.89. The molecule has 19 heavy (non-hydrogen) atoms.